The average Bonchev–Trinajstić information content (AvgIpc) is 3.23. The van der Waals surface area contributed by atoms with E-state index in [2.05, 4.69) is 4.98 Å². The topological polar surface area (TPSA) is 69.8 Å². The van der Waals surface area contributed by atoms with Crippen molar-refractivity contribution in [3.63, 3.8) is 0 Å². The van der Waals surface area contributed by atoms with Crippen molar-refractivity contribution in [1.29, 1.82) is 0 Å². The van der Waals surface area contributed by atoms with E-state index >= 15 is 0 Å². The second-order valence-corrected chi connectivity index (χ2v) is 6.66. The molecule has 0 unspecified atom stereocenters. The smallest absolute Gasteiger partial charge is 0.298 e. The Hall–Kier alpha value is -2.15. The molecule has 128 valence electrons. The highest BCUT2D eigenvalue weighted by atomic mass is 19.1. The molecule has 24 heavy (non-hydrogen) atoms. The van der Waals surface area contributed by atoms with Crippen LogP contribution in [0.2, 0.25) is 0 Å². The van der Waals surface area contributed by atoms with Crippen LogP contribution in [0.4, 0.5) is 10.4 Å². The third-order valence-corrected chi connectivity index (χ3v) is 4.87. The lowest BCUT2D eigenvalue weighted by Crippen LogP contribution is -2.57. The van der Waals surface area contributed by atoms with Crippen molar-refractivity contribution in [2.24, 2.45) is 0 Å². The number of oxazole rings is 1. The summed E-state index contributed by atoms with van der Waals surface area (Å²) >= 11 is 0. The van der Waals surface area contributed by atoms with Gasteiger partial charge in [0.15, 0.2) is 11.2 Å². The summed E-state index contributed by atoms with van der Waals surface area (Å²) in [6.45, 7) is 2.22. The van der Waals surface area contributed by atoms with Crippen molar-refractivity contribution in [2.75, 3.05) is 31.1 Å². The molecule has 0 spiro atoms. The molecule has 2 aliphatic heterocycles. The van der Waals surface area contributed by atoms with Crippen LogP contribution in [0.25, 0.3) is 11.1 Å². The van der Waals surface area contributed by atoms with E-state index in [4.69, 9.17) is 4.42 Å². The van der Waals surface area contributed by atoms with Crippen LogP contribution < -0.4 is 4.90 Å². The lowest BCUT2D eigenvalue weighted by Gasteiger charge is -2.39. The number of hydrogen-bond donors (Lipinski definition) is 1. The van der Waals surface area contributed by atoms with Gasteiger partial charge in [-0.1, -0.05) is 0 Å². The lowest BCUT2D eigenvalue weighted by atomic mass is 9.91. The molecule has 2 aliphatic rings. The van der Waals surface area contributed by atoms with Gasteiger partial charge in [0.2, 0.25) is 0 Å². The Morgan fingerprint density at radius 2 is 2.04 bits per heavy atom. The highest BCUT2D eigenvalue weighted by Crippen LogP contribution is 2.30. The SMILES string of the molecule is O=C(N1CCCC1)[C@@]1(O)CCCN(c2nc3cc(F)ccc3o2)C1. The second-order valence-electron chi connectivity index (χ2n) is 6.66. The van der Waals surface area contributed by atoms with Gasteiger partial charge in [0.05, 0.1) is 6.54 Å². The Labute approximate surface area is 138 Å². The van der Waals surface area contributed by atoms with Crippen LogP contribution in [0.15, 0.2) is 22.6 Å². The van der Waals surface area contributed by atoms with E-state index in [-0.39, 0.29) is 18.3 Å². The van der Waals surface area contributed by atoms with Gasteiger partial charge in [0, 0.05) is 25.7 Å². The highest BCUT2D eigenvalue weighted by molar-refractivity contribution is 5.86. The molecule has 1 aromatic carbocycles. The van der Waals surface area contributed by atoms with E-state index in [0.29, 0.717) is 49.6 Å². The third-order valence-electron chi connectivity index (χ3n) is 4.87. The number of carbonyl (C=O) groups excluding carboxylic acids is 1. The normalized spacial score (nSPS) is 24.8. The Balaban J connectivity index is 1.57. The zero-order valence-corrected chi connectivity index (χ0v) is 13.4. The predicted molar refractivity (Wildman–Crippen MR) is 86.2 cm³/mol. The number of amides is 1. The monoisotopic (exact) mass is 333 g/mol. The first-order chi connectivity index (χ1) is 11.5. The van der Waals surface area contributed by atoms with Gasteiger partial charge in [-0.3, -0.25) is 4.79 Å². The van der Waals surface area contributed by atoms with E-state index in [1.807, 2.05) is 0 Å². The average molecular weight is 333 g/mol. The number of rotatable bonds is 2. The Morgan fingerprint density at radius 1 is 1.25 bits per heavy atom. The number of halogens is 1. The zero-order chi connectivity index (χ0) is 16.7. The summed E-state index contributed by atoms with van der Waals surface area (Å²) in [6.07, 6.45) is 3.08. The highest BCUT2D eigenvalue weighted by Gasteiger charge is 2.44. The second kappa shape index (κ2) is 5.73. The number of likely N-dealkylation sites (tertiary alicyclic amines) is 1. The number of aromatic nitrogens is 1. The molecule has 0 aliphatic carbocycles. The van der Waals surface area contributed by atoms with Crippen molar-refractivity contribution >= 4 is 23.0 Å². The molecule has 6 nitrogen and oxygen atoms in total. The molecular weight excluding hydrogens is 313 g/mol. The van der Waals surface area contributed by atoms with Gasteiger partial charge in [-0.15, -0.1) is 0 Å². The molecule has 2 aromatic rings. The molecule has 0 saturated carbocycles. The van der Waals surface area contributed by atoms with Crippen LogP contribution >= 0.6 is 0 Å². The number of fused-ring (bicyclic) bond motifs is 1. The summed E-state index contributed by atoms with van der Waals surface area (Å²) in [5, 5.41) is 10.9. The molecule has 1 amide bonds. The van der Waals surface area contributed by atoms with Gasteiger partial charge in [-0.05, 0) is 37.8 Å². The first-order valence-electron chi connectivity index (χ1n) is 8.38. The van der Waals surface area contributed by atoms with E-state index < -0.39 is 5.60 Å². The number of aliphatic hydroxyl groups is 1. The minimum atomic E-state index is -1.41. The van der Waals surface area contributed by atoms with Crippen LogP contribution in [-0.4, -0.2) is 52.7 Å². The maximum absolute atomic E-state index is 13.3. The number of β-amino-alcohol motifs (C(OH)–C–C–N with tert-alkyl or cyclic N) is 1. The number of anilines is 1. The van der Waals surface area contributed by atoms with Crippen molar-refractivity contribution in [2.45, 2.75) is 31.3 Å². The first kappa shape index (κ1) is 15.4. The van der Waals surface area contributed by atoms with Gasteiger partial charge in [0.1, 0.15) is 11.3 Å². The van der Waals surface area contributed by atoms with E-state index in [0.717, 1.165) is 12.8 Å². The summed E-state index contributed by atoms with van der Waals surface area (Å²) in [5.74, 6) is -0.575. The van der Waals surface area contributed by atoms with Crippen molar-refractivity contribution in [1.82, 2.24) is 9.88 Å². The maximum atomic E-state index is 13.3. The quantitative estimate of drug-likeness (QED) is 0.909. The molecule has 4 rings (SSSR count). The van der Waals surface area contributed by atoms with E-state index in [9.17, 15) is 14.3 Å². The fourth-order valence-electron chi connectivity index (χ4n) is 3.61. The minimum Gasteiger partial charge on any atom is -0.423 e. The van der Waals surface area contributed by atoms with Crippen LogP contribution in [0.1, 0.15) is 25.7 Å². The third kappa shape index (κ3) is 2.62. The molecule has 3 heterocycles. The zero-order valence-electron chi connectivity index (χ0n) is 13.4. The summed E-state index contributed by atoms with van der Waals surface area (Å²) in [4.78, 5) is 20.5. The Morgan fingerprint density at radius 3 is 2.83 bits per heavy atom. The number of carbonyl (C=O) groups is 1. The minimum absolute atomic E-state index is 0.150. The Kier molecular flexibility index (Phi) is 3.68. The fraction of sp³-hybridized carbons (Fsp3) is 0.529. The molecule has 1 atom stereocenters. The summed E-state index contributed by atoms with van der Waals surface area (Å²) < 4.78 is 19.0. The predicted octanol–water partition coefficient (Wildman–Crippen LogP) is 1.92. The van der Waals surface area contributed by atoms with Gasteiger partial charge in [0.25, 0.3) is 11.9 Å². The summed E-state index contributed by atoms with van der Waals surface area (Å²) in [7, 11) is 0. The number of piperidine rings is 1. The van der Waals surface area contributed by atoms with Crippen LogP contribution in [0.3, 0.4) is 0 Å². The van der Waals surface area contributed by atoms with Gasteiger partial charge >= 0.3 is 0 Å². The molecule has 1 aromatic heterocycles. The standard InChI is InChI=1S/C17H20FN3O3/c18-12-4-5-14-13(10-12)19-16(24-14)21-9-3-6-17(23,11-21)15(22)20-7-1-2-8-20/h4-5,10,23H,1-3,6-9,11H2/t17-/m1/s1. The Bertz CT molecular complexity index is 772. The fourth-order valence-corrected chi connectivity index (χ4v) is 3.61. The van der Waals surface area contributed by atoms with E-state index in [1.165, 1.54) is 18.2 Å². The molecule has 2 fully saturated rings. The molecule has 1 N–H and O–H groups in total. The van der Waals surface area contributed by atoms with Gasteiger partial charge < -0.3 is 19.3 Å². The first-order valence-corrected chi connectivity index (χ1v) is 8.38. The maximum Gasteiger partial charge on any atom is 0.298 e. The van der Waals surface area contributed by atoms with Crippen LogP contribution in [0.5, 0.6) is 0 Å². The molecule has 0 radical (unpaired) electrons. The van der Waals surface area contributed by atoms with Crippen LogP contribution in [0, 0.1) is 5.82 Å². The van der Waals surface area contributed by atoms with Crippen LogP contribution in [-0.2, 0) is 4.79 Å². The lowest BCUT2D eigenvalue weighted by molar-refractivity contribution is -0.151. The van der Waals surface area contributed by atoms with Crippen molar-refractivity contribution < 1.29 is 18.7 Å². The van der Waals surface area contributed by atoms with Gasteiger partial charge in [-0.25, -0.2) is 4.39 Å². The summed E-state index contributed by atoms with van der Waals surface area (Å²) in [5.41, 5.74) is -0.481. The molecule has 2 saturated heterocycles. The largest absolute Gasteiger partial charge is 0.423 e. The van der Waals surface area contributed by atoms with Crippen molar-refractivity contribution in [3.8, 4) is 0 Å². The molecule has 7 heteroatoms. The van der Waals surface area contributed by atoms with E-state index in [1.54, 1.807) is 9.80 Å². The number of hydrogen-bond acceptors (Lipinski definition) is 5. The molecule has 0 bridgehead atoms. The summed E-state index contributed by atoms with van der Waals surface area (Å²) in [6, 6.07) is 4.49. The van der Waals surface area contributed by atoms with Gasteiger partial charge in [-0.2, -0.15) is 4.98 Å². The van der Waals surface area contributed by atoms with Crippen molar-refractivity contribution in [3.05, 3.63) is 24.0 Å². The number of nitrogens with zero attached hydrogens (tertiary/aromatic N) is 3. The number of benzene rings is 1. The molecular formula is C17H20FN3O3.